The van der Waals surface area contributed by atoms with E-state index in [-0.39, 0.29) is 11.9 Å². The normalized spacial score (nSPS) is 19.5. The molecule has 0 radical (unpaired) electrons. The van der Waals surface area contributed by atoms with Crippen molar-refractivity contribution in [2.75, 3.05) is 19.6 Å². The van der Waals surface area contributed by atoms with Gasteiger partial charge in [-0.1, -0.05) is 13.0 Å². The average Bonchev–Trinajstić information content (AvgIpc) is 2.76. The van der Waals surface area contributed by atoms with E-state index in [0.29, 0.717) is 0 Å². The van der Waals surface area contributed by atoms with Crippen LogP contribution in [-0.2, 0) is 11.2 Å². The highest BCUT2D eigenvalue weighted by Crippen LogP contribution is 2.11. The molecular weight excluding hydrogens is 226 g/mol. The van der Waals surface area contributed by atoms with Gasteiger partial charge in [0.1, 0.15) is 0 Å². The fourth-order valence-corrected chi connectivity index (χ4v) is 2.26. The van der Waals surface area contributed by atoms with Crippen molar-refractivity contribution in [1.82, 2.24) is 15.2 Å². The van der Waals surface area contributed by atoms with E-state index in [2.05, 4.69) is 17.2 Å². The van der Waals surface area contributed by atoms with Crippen molar-refractivity contribution >= 4 is 5.91 Å². The predicted octanol–water partition coefficient (Wildman–Crippen LogP) is 1.22. The summed E-state index contributed by atoms with van der Waals surface area (Å²) in [7, 11) is 0. The van der Waals surface area contributed by atoms with Crippen LogP contribution in [0.1, 0.15) is 25.5 Å². The van der Waals surface area contributed by atoms with Crippen LogP contribution in [0, 0.1) is 0 Å². The molecule has 0 aromatic carbocycles. The number of carbonyl (C=O) groups is 1. The van der Waals surface area contributed by atoms with Crippen LogP contribution in [0.25, 0.3) is 0 Å². The van der Waals surface area contributed by atoms with Gasteiger partial charge in [0.05, 0.1) is 6.04 Å². The van der Waals surface area contributed by atoms with Crippen LogP contribution in [0.4, 0.5) is 0 Å². The minimum atomic E-state index is 0.0358. The lowest BCUT2D eigenvalue weighted by atomic mass is 10.2. The summed E-state index contributed by atoms with van der Waals surface area (Å²) in [6, 6.07) is 5.94. The zero-order chi connectivity index (χ0) is 12.8. The second kappa shape index (κ2) is 6.50. The van der Waals surface area contributed by atoms with Crippen LogP contribution < -0.4 is 5.32 Å². The number of hydrogen-bond donors (Lipinski definition) is 1. The quantitative estimate of drug-likeness (QED) is 0.822. The molecule has 2 heterocycles. The van der Waals surface area contributed by atoms with Gasteiger partial charge in [0.25, 0.3) is 0 Å². The first kappa shape index (κ1) is 13.0. The first-order chi connectivity index (χ1) is 8.81. The molecule has 2 rings (SSSR count). The molecule has 0 saturated carbocycles. The van der Waals surface area contributed by atoms with Gasteiger partial charge in [-0.25, -0.2) is 0 Å². The van der Waals surface area contributed by atoms with Gasteiger partial charge in [-0.05, 0) is 31.5 Å². The van der Waals surface area contributed by atoms with Gasteiger partial charge in [-0.2, -0.15) is 0 Å². The molecule has 1 saturated heterocycles. The lowest BCUT2D eigenvalue weighted by Crippen LogP contribution is -2.39. The summed E-state index contributed by atoms with van der Waals surface area (Å²) >= 11 is 0. The summed E-state index contributed by atoms with van der Waals surface area (Å²) in [4.78, 5) is 18.3. The number of nitrogens with one attached hydrogen (secondary N) is 1. The van der Waals surface area contributed by atoms with E-state index < -0.39 is 0 Å². The molecule has 98 valence electrons. The minimum absolute atomic E-state index is 0.0358. The fraction of sp³-hybridized carbons (Fsp3) is 0.571. The van der Waals surface area contributed by atoms with Crippen molar-refractivity contribution in [1.29, 1.82) is 0 Å². The van der Waals surface area contributed by atoms with E-state index in [0.717, 1.165) is 44.6 Å². The molecule has 1 N–H and O–H groups in total. The molecule has 0 bridgehead atoms. The van der Waals surface area contributed by atoms with Crippen LogP contribution in [0.3, 0.4) is 0 Å². The Morgan fingerprint density at radius 1 is 1.50 bits per heavy atom. The molecule has 1 atom stereocenters. The Hall–Kier alpha value is -1.42. The third-order valence-corrected chi connectivity index (χ3v) is 3.30. The van der Waals surface area contributed by atoms with Crippen molar-refractivity contribution in [3.8, 4) is 0 Å². The molecule has 4 heteroatoms. The van der Waals surface area contributed by atoms with Crippen molar-refractivity contribution in [3.63, 3.8) is 0 Å². The van der Waals surface area contributed by atoms with E-state index >= 15 is 0 Å². The summed E-state index contributed by atoms with van der Waals surface area (Å²) in [5.41, 5.74) is 1.05. The minimum Gasteiger partial charge on any atom is -0.341 e. The zero-order valence-corrected chi connectivity index (χ0v) is 10.9. The summed E-state index contributed by atoms with van der Waals surface area (Å²) in [6.07, 6.45) is 4.64. The van der Waals surface area contributed by atoms with Crippen molar-refractivity contribution in [3.05, 3.63) is 30.1 Å². The molecule has 1 aliphatic rings. The highest BCUT2D eigenvalue weighted by molar-refractivity contribution is 5.83. The molecule has 18 heavy (non-hydrogen) atoms. The molecular formula is C14H21N3O. The summed E-state index contributed by atoms with van der Waals surface area (Å²) < 4.78 is 0. The SMILES string of the molecule is CCCNC1CCN(CCc2ccccn2)C1=O. The number of nitrogens with zero attached hydrogens (tertiary/aromatic N) is 2. The fourth-order valence-electron chi connectivity index (χ4n) is 2.26. The largest absolute Gasteiger partial charge is 0.341 e. The monoisotopic (exact) mass is 247 g/mol. The maximum Gasteiger partial charge on any atom is 0.239 e. The van der Waals surface area contributed by atoms with Gasteiger partial charge in [-0.3, -0.25) is 9.78 Å². The first-order valence-electron chi connectivity index (χ1n) is 6.73. The number of pyridine rings is 1. The number of aromatic nitrogens is 1. The Morgan fingerprint density at radius 2 is 2.39 bits per heavy atom. The van der Waals surface area contributed by atoms with Crippen LogP contribution in [0.2, 0.25) is 0 Å². The Balaban J connectivity index is 1.79. The molecule has 1 aliphatic heterocycles. The summed E-state index contributed by atoms with van der Waals surface area (Å²) in [6.45, 7) is 4.68. The van der Waals surface area contributed by atoms with Crippen LogP contribution in [0.5, 0.6) is 0 Å². The van der Waals surface area contributed by atoms with E-state index in [4.69, 9.17) is 0 Å². The predicted molar refractivity (Wildman–Crippen MR) is 71.2 cm³/mol. The third-order valence-electron chi connectivity index (χ3n) is 3.30. The van der Waals surface area contributed by atoms with E-state index in [1.165, 1.54) is 0 Å². The van der Waals surface area contributed by atoms with Crippen molar-refractivity contribution in [2.24, 2.45) is 0 Å². The molecule has 1 fully saturated rings. The number of amides is 1. The number of likely N-dealkylation sites (tertiary alicyclic amines) is 1. The Labute approximate surface area is 108 Å². The van der Waals surface area contributed by atoms with E-state index in [1.54, 1.807) is 6.20 Å². The highest BCUT2D eigenvalue weighted by atomic mass is 16.2. The summed E-state index contributed by atoms with van der Waals surface area (Å²) in [5.74, 6) is 0.249. The maximum absolute atomic E-state index is 12.1. The first-order valence-corrected chi connectivity index (χ1v) is 6.73. The lowest BCUT2D eigenvalue weighted by Gasteiger charge is -2.16. The van der Waals surface area contributed by atoms with Gasteiger partial charge >= 0.3 is 0 Å². The van der Waals surface area contributed by atoms with E-state index in [9.17, 15) is 4.79 Å². The molecule has 0 spiro atoms. The molecule has 1 amide bonds. The molecule has 4 nitrogen and oxygen atoms in total. The van der Waals surface area contributed by atoms with Gasteiger partial charge in [-0.15, -0.1) is 0 Å². The zero-order valence-electron chi connectivity index (χ0n) is 10.9. The number of rotatable bonds is 6. The standard InChI is InChI=1S/C14H21N3O/c1-2-8-16-13-7-11-17(14(13)18)10-6-12-5-3-4-9-15-12/h3-5,9,13,16H,2,6-8,10-11H2,1H3. The van der Waals surface area contributed by atoms with Crippen LogP contribution in [0.15, 0.2) is 24.4 Å². The average molecular weight is 247 g/mol. The van der Waals surface area contributed by atoms with E-state index in [1.807, 2.05) is 23.1 Å². The third kappa shape index (κ3) is 3.29. The van der Waals surface area contributed by atoms with Gasteiger partial charge < -0.3 is 10.2 Å². The molecule has 1 aromatic heterocycles. The maximum atomic E-state index is 12.1. The Kier molecular flexibility index (Phi) is 4.70. The van der Waals surface area contributed by atoms with Gasteiger partial charge in [0.2, 0.25) is 5.91 Å². The van der Waals surface area contributed by atoms with Crippen molar-refractivity contribution < 1.29 is 4.79 Å². The van der Waals surface area contributed by atoms with Gasteiger partial charge in [0.15, 0.2) is 0 Å². The number of hydrogen-bond acceptors (Lipinski definition) is 3. The van der Waals surface area contributed by atoms with Crippen molar-refractivity contribution in [2.45, 2.75) is 32.2 Å². The Bertz CT molecular complexity index is 380. The molecule has 1 unspecified atom stereocenters. The lowest BCUT2D eigenvalue weighted by molar-refractivity contribution is -0.129. The molecule has 0 aliphatic carbocycles. The number of carbonyl (C=O) groups excluding carboxylic acids is 1. The van der Waals surface area contributed by atoms with Gasteiger partial charge in [0, 0.05) is 31.4 Å². The second-order valence-corrected chi connectivity index (χ2v) is 4.69. The second-order valence-electron chi connectivity index (χ2n) is 4.69. The smallest absolute Gasteiger partial charge is 0.239 e. The molecule has 1 aromatic rings. The highest BCUT2D eigenvalue weighted by Gasteiger charge is 2.30. The van der Waals surface area contributed by atoms with Crippen LogP contribution >= 0.6 is 0 Å². The topological polar surface area (TPSA) is 45.2 Å². The Morgan fingerprint density at radius 3 is 3.11 bits per heavy atom. The summed E-state index contributed by atoms with van der Waals surface area (Å²) in [5, 5.41) is 3.30. The van der Waals surface area contributed by atoms with Crippen LogP contribution in [-0.4, -0.2) is 41.5 Å².